The highest BCUT2D eigenvalue weighted by molar-refractivity contribution is 5.71. The first-order chi connectivity index (χ1) is 8.01. The maximum Gasteiger partial charge on any atom is 0.308 e. The predicted octanol–water partition coefficient (Wildman–Crippen LogP) is 2.84. The Bertz CT molecular complexity index is 208. The Balaban J connectivity index is 4.19. The second kappa shape index (κ2) is 8.51. The first-order valence-electron chi connectivity index (χ1n) is 7.03. The largest absolute Gasteiger partial charge is 0.459 e. The minimum Gasteiger partial charge on any atom is -0.459 e. The molecule has 0 radical (unpaired) electrons. The van der Waals surface area contributed by atoms with Gasteiger partial charge in [0.05, 0.1) is 25.6 Å². The molecule has 0 aromatic carbocycles. The van der Waals surface area contributed by atoms with Crippen molar-refractivity contribution in [2.45, 2.75) is 47.5 Å². The van der Waals surface area contributed by atoms with Crippen molar-refractivity contribution in [2.75, 3.05) is 32.8 Å². The van der Waals surface area contributed by atoms with E-state index in [4.69, 9.17) is 4.74 Å². The number of carbonyl (C=O) groups excluding carboxylic acids is 1. The summed E-state index contributed by atoms with van der Waals surface area (Å²) in [6.07, 6.45) is 2.37. The lowest BCUT2D eigenvalue weighted by Gasteiger charge is -2.37. The molecule has 102 valence electrons. The lowest BCUT2D eigenvalue weighted by atomic mass is 10.2. The smallest absolute Gasteiger partial charge is 0.308 e. The lowest BCUT2D eigenvalue weighted by molar-refractivity contribution is -0.926. The molecule has 0 amide bonds. The van der Waals surface area contributed by atoms with Crippen molar-refractivity contribution >= 4 is 5.97 Å². The van der Waals surface area contributed by atoms with E-state index < -0.39 is 0 Å². The van der Waals surface area contributed by atoms with Gasteiger partial charge in [-0.3, -0.25) is 4.79 Å². The predicted molar refractivity (Wildman–Crippen MR) is 71.8 cm³/mol. The number of hydrogen-bond acceptors (Lipinski definition) is 2. The zero-order chi connectivity index (χ0) is 13.3. The summed E-state index contributed by atoms with van der Waals surface area (Å²) in [6, 6.07) is 0. The summed E-state index contributed by atoms with van der Waals surface area (Å²) in [7, 11) is 0. The Morgan fingerprint density at radius 2 is 1.59 bits per heavy atom. The van der Waals surface area contributed by atoms with E-state index in [0.29, 0.717) is 6.61 Å². The standard InChI is InChI=1S/C14H30NO2/c1-6-9-15(8-3,10-7-2)11-12-17-14(16)13(4)5/h13H,6-12H2,1-5H3/q+1. The molecule has 0 saturated carbocycles. The van der Waals surface area contributed by atoms with Gasteiger partial charge in [0.15, 0.2) is 0 Å². The quantitative estimate of drug-likeness (QED) is 0.460. The van der Waals surface area contributed by atoms with E-state index in [9.17, 15) is 4.79 Å². The van der Waals surface area contributed by atoms with Crippen LogP contribution in [0.4, 0.5) is 0 Å². The van der Waals surface area contributed by atoms with Gasteiger partial charge in [-0.05, 0) is 19.8 Å². The molecule has 0 fully saturated rings. The fourth-order valence-electron chi connectivity index (χ4n) is 2.26. The van der Waals surface area contributed by atoms with Crippen LogP contribution >= 0.6 is 0 Å². The van der Waals surface area contributed by atoms with Crippen LogP contribution in [0.1, 0.15) is 47.5 Å². The highest BCUT2D eigenvalue weighted by Gasteiger charge is 2.23. The zero-order valence-corrected chi connectivity index (χ0v) is 12.3. The number of carbonyl (C=O) groups is 1. The average Bonchev–Trinajstić information content (AvgIpc) is 2.29. The number of rotatable bonds is 9. The van der Waals surface area contributed by atoms with Crippen LogP contribution in [0.2, 0.25) is 0 Å². The number of nitrogens with zero attached hydrogens (tertiary/aromatic N) is 1. The molecule has 0 atom stereocenters. The monoisotopic (exact) mass is 244 g/mol. The molecule has 3 nitrogen and oxygen atoms in total. The van der Waals surface area contributed by atoms with Gasteiger partial charge >= 0.3 is 5.97 Å². The van der Waals surface area contributed by atoms with Crippen LogP contribution in [0, 0.1) is 5.92 Å². The molecular weight excluding hydrogens is 214 g/mol. The van der Waals surface area contributed by atoms with Crippen molar-refractivity contribution in [3.63, 3.8) is 0 Å². The van der Waals surface area contributed by atoms with Gasteiger partial charge in [-0.2, -0.15) is 0 Å². The van der Waals surface area contributed by atoms with E-state index in [0.717, 1.165) is 17.6 Å². The zero-order valence-electron chi connectivity index (χ0n) is 12.3. The fourth-order valence-corrected chi connectivity index (χ4v) is 2.26. The van der Waals surface area contributed by atoms with Crippen LogP contribution in [0.3, 0.4) is 0 Å². The molecule has 0 aliphatic carbocycles. The summed E-state index contributed by atoms with van der Waals surface area (Å²) in [6.45, 7) is 15.4. The summed E-state index contributed by atoms with van der Waals surface area (Å²) >= 11 is 0. The Morgan fingerprint density at radius 3 is 1.94 bits per heavy atom. The lowest BCUT2D eigenvalue weighted by Crippen LogP contribution is -2.51. The van der Waals surface area contributed by atoms with Crippen LogP contribution in [0.25, 0.3) is 0 Å². The van der Waals surface area contributed by atoms with Crippen molar-refractivity contribution in [3.8, 4) is 0 Å². The van der Waals surface area contributed by atoms with Crippen LogP contribution in [0.5, 0.6) is 0 Å². The van der Waals surface area contributed by atoms with Crippen LogP contribution < -0.4 is 0 Å². The molecule has 17 heavy (non-hydrogen) atoms. The van der Waals surface area contributed by atoms with Gasteiger partial charge in [0.1, 0.15) is 13.2 Å². The molecule has 0 N–H and O–H groups in total. The Labute approximate surface area is 107 Å². The van der Waals surface area contributed by atoms with Gasteiger partial charge in [-0.15, -0.1) is 0 Å². The third-order valence-electron chi connectivity index (χ3n) is 3.35. The van der Waals surface area contributed by atoms with Gasteiger partial charge in [0.2, 0.25) is 0 Å². The topological polar surface area (TPSA) is 26.3 Å². The van der Waals surface area contributed by atoms with Crippen LogP contribution in [-0.2, 0) is 9.53 Å². The molecule has 0 aromatic heterocycles. The SMILES string of the molecule is CCC[N+](CC)(CCC)CCOC(=O)C(C)C. The highest BCUT2D eigenvalue weighted by atomic mass is 16.5. The van der Waals surface area contributed by atoms with Gasteiger partial charge in [-0.1, -0.05) is 27.7 Å². The first-order valence-corrected chi connectivity index (χ1v) is 7.03. The highest BCUT2D eigenvalue weighted by Crippen LogP contribution is 2.10. The van der Waals surface area contributed by atoms with E-state index in [2.05, 4.69) is 20.8 Å². The molecule has 0 saturated heterocycles. The molecule has 3 heteroatoms. The number of hydrogen-bond donors (Lipinski definition) is 0. The molecule has 0 aliphatic rings. The van der Waals surface area contributed by atoms with E-state index in [1.54, 1.807) is 0 Å². The maximum atomic E-state index is 11.4. The average molecular weight is 244 g/mol. The summed E-state index contributed by atoms with van der Waals surface area (Å²) < 4.78 is 6.38. The minimum atomic E-state index is -0.0767. The van der Waals surface area contributed by atoms with Gasteiger partial charge in [-0.25, -0.2) is 0 Å². The first kappa shape index (κ1) is 16.4. The maximum absolute atomic E-state index is 11.4. The molecule has 0 rings (SSSR count). The van der Waals surface area contributed by atoms with Gasteiger partial charge in [0.25, 0.3) is 0 Å². The Kier molecular flexibility index (Phi) is 8.23. The minimum absolute atomic E-state index is 0.0177. The number of ether oxygens (including phenoxy) is 1. The van der Waals surface area contributed by atoms with E-state index >= 15 is 0 Å². The third-order valence-corrected chi connectivity index (χ3v) is 3.35. The number of likely N-dealkylation sites (N-methyl/N-ethyl adjacent to an activating group) is 1. The van der Waals surface area contributed by atoms with Crippen molar-refractivity contribution < 1.29 is 14.0 Å². The van der Waals surface area contributed by atoms with E-state index in [1.807, 2.05) is 13.8 Å². The van der Waals surface area contributed by atoms with Crippen LogP contribution in [-0.4, -0.2) is 43.2 Å². The van der Waals surface area contributed by atoms with Gasteiger partial charge in [0, 0.05) is 0 Å². The molecule has 0 aromatic rings. The Hall–Kier alpha value is -0.570. The molecule has 0 heterocycles. The summed E-state index contributed by atoms with van der Waals surface area (Å²) in [5.41, 5.74) is 0. The normalized spacial score (nSPS) is 11.9. The van der Waals surface area contributed by atoms with Crippen molar-refractivity contribution in [3.05, 3.63) is 0 Å². The Morgan fingerprint density at radius 1 is 1.06 bits per heavy atom. The third kappa shape index (κ3) is 6.06. The number of esters is 1. The van der Waals surface area contributed by atoms with Crippen molar-refractivity contribution in [1.82, 2.24) is 0 Å². The van der Waals surface area contributed by atoms with Gasteiger partial charge < -0.3 is 9.22 Å². The van der Waals surface area contributed by atoms with Crippen molar-refractivity contribution in [1.29, 1.82) is 0 Å². The molecular formula is C14H30NO2+. The fraction of sp³-hybridized carbons (Fsp3) is 0.929. The summed E-state index contributed by atoms with van der Waals surface area (Å²) in [4.78, 5) is 11.4. The van der Waals surface area contributed by atoms with E-state index in [-0.39, 0.29) is 11.9 Å². The molecule has 0 aliphatic heterocycles. The molecule has 0 bridgehead atoms. The second-order valence-corrected chi connectivity index (χ2v) is 5.15. The summed E-state index contributed by atoms with van der Waals surface area (Å²) in [5.74, 6) is -0.0944. The number of quaternary nitrogens is 1. The van der Waals surface area contributed by atoms with Crippen LogP contribution in [0.15, 0.2) is 0 Å². The molecule has 0 spiro atoms. The summed E-state index contributed by atoms with van der Waals surface area (Å²) in [5, 5.41) is 0. The van der Waals surface area contributed by atoms with Crippen molar-refractivity contribution in [2.24, 2.45) is 5.92 Å². The molecule has 0 unspecified atom stereocenters. The second-order valence-electron chi connectivity index (χ2n) is 5.15. The van der Waals surface area contributed by atoms with E-state index in [1.165, 1.54) is 25.9 Å².